The van der Waals surface area contributed by atoms with Crippen LogP contribution in [-0.2, 0) is 4.84 Å². The van der Waals surface area contributed by atoms with Crippen molar-refractivity contribution in [3.63, 3.8) is 0 Å². The summed E-state index contributed by atoms with van der Waals surface area (Å²) >= 11 is 0. The van der Waals surface area contributed by atoms with Crippen molar-refractivity contribution in [1.29, 1.82) is 0 Å². The number of allylic oxidation sites excluding steroid dienone is 1. The van der Waals surface area contributed by atoms with Crippen LogP contribution >= 0.6 is 0 Å². The van der Waals surface area contributed by atoms with E-state index in [1.54, 1.807) is 7.11 Å². The molecule has 0 radical (unpaired) electrons. The molecule has 0 saturated carbocycles. The highest BCUT2D eigenvalue weighted by atomic mass is 16.6. The van der Waals surface area contributed by atoms with Gasteiger partial charge in [-0.25, -0.2) is 0 Å². The zero-order chi connectivity index (χ0) is 26.7. The van der Waals surface area contributed by atoms with Crippen molar-refractivity contribution >= 4 is 16.9 Å². The van der Waals surface area contributed by atoms with Gasteiger partial charge in [0.15, 0.2) is 0 Å². The number of likely N-dealkylation sites (N-methyl/N-ethyl adjacent to an activating group) is 1. The van der Waals surface area contributed by atoms with Crippen LogP contribution in [0.15, 0.2) is 114 Å². The second kappa shape index (κ2) is 13.4. The fourth-order valence-corrected chi connectivity index (χ4v) is 4.52. The number of nitrogens with zero attached hydrogens (tertiary/aromatic N) is 2. The van der Waals surface area contributed by atoms with Crippen LogP contribution in [0.4, 0.5) is 0 Å². The van der Waals surface area contributed by atoms with E-state index in [2.05, 4.69) is 108 Å². The lowest BCUT2D eigenvalue weighted by molar-refractivity contribution is 0.214. The highest BCUT2D eigenvalue weighted by Gasteiger charge is 2.16. The van der Waals surface area contributed by atoms with Crippen LogP contribution in [0.25, 0.3) is 11.1 Å². The maximum absolute atomic E-state index is 5.97. The minimum Gasteiger partial charge on any atom is -0.492 e. The van der Waals surface area contributed by atoms with Gasteiger partial charge in [0.1, 0.15) is 25.2 Å². The Morgan fingerprint density at radius 3 is 1.89 bits per heavy atom. The molecule has 0 heterocycles. The normalized spacial score (nSPS) is 12.3. The molecule has 0 saturated heterocycles. The smallest absolute Gasteiger partial charge is 0.119 e. The van der Waals surface area contributed by atoms with Gasteiger partial charge in [-0.15, -0.1) is 0 Å². The third-order valence-corrected chi connectivity index (χ3v) is 6.38. The van der Waals surface area contributed by atoms with Gasteiger partial charge < -0.3 is 14.5 Å². The minimum absolute atomic E-state index is 0.655. The summed E-state index contributed by atoms with van der Waals surface area (Å²) in [4.78, 5) is 7.37. The van der Waals surface area contributed by atoms with Crippen LogP contribution in [0.1, 0.15) is 41.2 Å². The van der Waals surface area contributed by atoms with Crippen LogP contribution in [-0.4, -0.2) is 45.0 Å². The van der Waals surface area contributed by atoms with Gasteiger partial charge in [-0.1, -0.05) is 103 Å². The van der Waals surface area contributed by atoms with Crippen LogP contribution in [0.2, 0.25) is 0 Å². The van der Waals surface area contributed by atoms with E-state index in [-0.39, 0.29) is 0 Å². The van der Waals surface area contributed by atoms with Crippen molar-refractivity contribution in [2.75, 3.05) is 34.4 Å². The summed E-state index contributed by atoms with van der Waals surface area (Å²) in [7, 11) is 5.69. The predicted molar refractivity (Wildman–Crippen MR) is 159 cm³/mol. The molecule has 194 valence electrons. The van der Waals surface area contributed by atoms with Crippen LogP contribution < -0.4 is 4.74 Å². The molecule has 0 spiro atoms. The monoisotopic (exact) mass is 504 g/mol. The molecule has 0 atom stereocenters. The number of benzene rings is 4. The molecule has 38 heavy (non-hydrogen) atoms. The molecular weight excluding hydrogens is 468 g/mol. The summed E-state index contributed by atoms with van der Waals surface area (Å²) in [5, 5.41) is 4.39. The summed E-state index contributed by atoms with van der Waals surface area (Å²) in [6.45, 7) is 3.75. The molecule has 0 amide bonds. The topological polar surface area (TPSA) is 34.1 Å². The molecule has 0 fully saturated rings. The van der Waals surface area contributed by atoms with Crippen molar-refractivity contribution in [2.45, 2.75) is 13.3 Å². The summed E-state index contributed by atoms with van der Waals surface area (Å²) in [5.41, 5.74) is 8.79. The van der Waals surface area contributed by atoms with Gasteiger partial charge in [0.25, 0.3) is 0 Å². The predicted octanol–water partition coefficient (Wildman–Crippen LogP) is 7.39. The third kappa shape index (κ3) is 6.78. The molecule has 4 aromatic carbocycles. The Bertz CT molecular complexity index is 1360. The van der Waals surface area contributed by atoms with E-state index in [9.17, 15) is 0 Å². The fourth-order valence-electron chi connectivity index (χ4n) is 4.52. The summed E-state index contributed by atoms with van der Waals surface area (Å²) < 4.78 is 5.97. The lowest BCUT2D eigenvalue weighted by atomic mass is 9.87. The average molecular weight is 505 g/mol. The Kier molecular flexibility index (Phi) is 9.49. The van der Waals surface area contributed by atoms with E-state index in [0.29, 0.717) is 6.61 Å². The Morgan fingerprint density at radius 2 is 1.29 bits per heavy atom. The van der Waals surface area contributed by atoms with Crippen LogP contribution in [0.3, 0.4) is 0 Å². The van der Waals surface area contributed by atoms with Gasteiger partial charge in [-0.05, 0) is 66.6 Å². The Hall–Kier alpha value is -4.15. The lowest BCUT2D eigenvalue weighted by Crippen LogP contribution is -2.19. The van der Waals surface area contributed by atoms with Crippen molar-refractivity contribution < 1.29 is 9.57 Å². The molecule has 0 N–H and O–H groups in total. The molecule has 0 unspecified atom stereocenters. The van der Waals surface area contributed by atoms with E-state index in [0.717, 1.165) is 46.7 Å². The van der Waals surface area contributed by atoms with Crippen molar-refractivity contribution in [3.05, 3.63) is 137 Å². The summed E-state index contributed by atoms with van der Waals surface area (Å²) in [6, 6.07) is 37.8. The number of rotatable bonds is 11. The van der Waals surface area contributed by atoms with Crippen molar-refractivity contribution in [1.82, 2.24) is 4.90 Å². The first-order valence-corrected chi connectivity index (χ1v) is 13.0. The fraction of sp³-hybridized carbons (Fsp3) is 0.206. The first-order chi connectivity index (χ1) is 18.6. The molecular formula is C34H36N2O2. The lowest BCUT2D eigenvalue weighted by Gasteiger charge is -2.18. The molecule has 0 aromatic heterocycles. The van der Waals surface area contributed by atoms with Gasteiger partial charge >= 0.3 is 0 Å². The maximum atomic E-state index is 5.97. The highest BCUT2D eigenvalue weighted by molar-refractivity contribution is 6.13. The molecule has 0 aliphatic rings. The Morgan fingerprint density at radius 1 is 0.684 bits per heavy atom. The molecule has 0 aliphatic heterocycles. The molecule has 4 aromatic rings. The molecule has 0 bridgehead atoms. The second-order valence-corrected chi connectivity index (χ2v) is 9.32. The van der Waals surface area contributed by atoms with E-state index in [1.165, 1.54) is 16.7 Å². The molecule has 4 heteroatoms. The summed E-state index contributed by atoms with van der Waals surface area (Å²) in [5.74, 6) is 0.875. The van der Waals surface area contributed by atoms with E-state index in [1.807, 2.05) is 32.3 Å². The highest BCUT2D eigenvalue weighted by Crippen LogP contribution is 2.35. The third-order valence-electron chi connectivity index (χ3n) is 6.38. The van der Waals surface area contributed by atoms with Gasteiger partial charge in [-0.3, -0.25) is 0 Å². The zero-order valence-electron chi connectivity index (χ0n) is 22.7. The molecule has 4 nitrogen and oxygen atoms in total. The van der Waals surface area contributed by atoms with Crippen molar-refractivity contribution in [3.8, 4) is 5.75 Å². The van der Waals surface area contributed by atoms with E-state index < -0.39 is 0 Å². The van der Waals surface area contributed by atoms with E-state index in [4.69, 9.17) is 9.57 Å². The second-order valence-electron chi connectivity index (χ2n) is 9.32. The Labute approximate surface area is 226 Å². The number of oxime groups is 1. The van der Waals surface area contributed by atoms with Gasteiger partial charge in [0.05, 0.1) is 0 Å². The molecule has 0 aliphatic carbocycles. The van der Waals surface area contributed by atoms with Gasteiger partial charge in [0.2, 0.25) is 0 Å². The van der Waals surface area contributed by atoms with Crippen LogP contribution in [0.5, 0.6) is 5.75 Å². The quantitative estimate of drug-likeness (QED) is 0.121. The minimum atomic E-state index is 0.655. The number of ether oxygens (including phenoxy) is 1. The Balaban J connectivity index is 1.82. The summed E-state index contributed by atoms with van der Waals surface area (Å²) in [6.07, 6.45) is 0.891. The number of hydrogen-bond donors (Lipinski definition) is 0. The SMILES string of the molecule is CCC(=C(c1ccc(OCCN(C)C)cc1)c1cccc(C(=NOC)c2ccccc2)c1)c1ccccc1. The molecule has 4 rings (SSSR count). The number of hydrogen-bond acceptors (Lipinski definition) is 4. The average Bonchev–Trinajstić information content (AvgIpc) is 2.96. The van der Waals surface area contributed by atoms with E-state index >= 15 is 0 Å². The first-order valence-electron chi connectivity index (χ1n) is 13.0. The van der Waals surface area contributed by atoms with Gasteiger partial charge in [-0.2, -0.15) is 0 Å². The largest absolute Gasteiger partial charge is 0.492 e. The van der Waals surface area contributed by atoms with Gasteiger partial charge in [0, 0.05) is 17.7 Å². The first kappa shape index (κ1) is 26.9. The zero-order valence-corrected chi connectivity index (χ0v) is 22.7. The van der Waals surface area contributed by atoms with Crippen LogP contribution in [0, 0.1) is 0 Å². The standard InChI is InChI=1S/C34H36N2O2/c1-5-32(26-13-8-6-9-14-26)33(27-19-21-31(22-20-27)38-24-23-36(2)3)29-17-12-18-30(25-29)34(35-37-4)28-15-10-7-11-16-28/h6-22,25H,5,23-24H2,1-4H3. The van der Waals surface area contributed by atoms with Crippen molar-refractivity contribution in [2.24, 2.45) is 5.16 Å². The maximum Gasteiger partial charge on any atom is 0.119 e.